The molecule has 0 saturated heterocycles. The third-order valence-electron chi connectivity index (χ3n) is 5.30. The number of carbonyl (C=O) groups is 1. The van der Waals surface area contributed by atoms with Gasteiger partial charge < -0.3 is 16.0 Å². The van der Waals surface area contributed by atoms with Gasteiger partial charge in [0.25, 0.3) is 5.91 Å². The van der Waals surface area contributed by atoms with E-state index in [2.05, 4.69) is 25.4 Å². The second-order valence-corrected chi connectivity index (χ2v) is 7.23. The number of H-pyrrole nitrogens is 1. The quantitative estimate of drug-likeness (QED) is 0.473. The van der Waals surface area contributed by atoms with Gasteiger partial charge in [-0.15, -0.1) is 12.4 Å². The third kappa shape index (κ3) is 3.12. The van der Waals surface area contributed by atoms with Crippen molar-refractivity contribution in [3.05, 3.63) is 42.0 Å². The van der Waals surface area contributed by atoms with Crippen molar-refractivity contribution in [1.82, 2.24) is 30.0 Å². The number of aromatic nitrogens is 5. The number of hydrogen-bond acceptors (Lipinski definition) is 5. The van der Waals surface area contributed by atoms with Gasteiger partial charge in [0, 0.05) is 25.2 Å². The van der Waals surface area contributed by atoms with E-state index in [1.54, 1.807) is 30.2 Å². The fraction of sp³-hybridized carbons (Fsp3) is 0.263. The van der Waals surface area contributed by atoms with E-state index in [4.69, 9.17) is 5.73 Å². The maximum atomic E-state index is 13.6. The highest BCUT2D eigenvalue weighted by molar-refractivity contribution is 6.05. The van der Waals surface area contributed by atoms with Crippen molar-refractivity contribution in [3.63, 3.8) is 0 Å². The molecule has 0 atom stereocenters. The second-order valence-electron chi connectivity index (χ2n) is 7.23. The highest BCUT2D eigenvalue weighted by Crippen LogP contribution is 2.34. The minimum Gasteiger partial charge on any atom is -0.345 e. The van der Waals surface area contributed by atoms with Gasteiger partial charge in [-0.2, -0.15) is 5.10 Å². The van der Waals surface area contributed by atoms with Crippen molar-refractivity contribution in [3.8, 4) is 11.4 Å². The molecule has 0 bridgehead atoms. The number of fused-ring (bicyclic) bond motifs is 2. The van der Waals surface area contributed by atoms with Crippen LogP contribution in [-0.2, 0) is 7.05 Å². The maximum Gasteiger partial charge on any atom is 0.255 e. The summed E-state index contributed by atoms with van der Waals surface area (Å²) >= 11 is 0. The Morgan fingerprint density at radius 1 is 1.41 bits per heavy atom. The summed E-state index contributed by atoms with van der Waals surface area (Å²) in [5, 5.41) is 8.23. The monoisotopic (exact) mass is 415 g/mol. The van der Waals surface area contributed by atoms with Crippen LogP contribution in [0.25, 0.3) is 33.5 Å². The number of carbonyl (C=O) groups excluding carboxylic acids is 1. The fourth-order valence-electron chi connectivity index (χ4n) is 3.44. The third-order valence-corrected chi connectivity index (χ3v) is 5.30. The smallest absolute Gasteiger partial charge is 0.255 e. The molecule has 8 nitrogen and oxygen atoms in total. The van der Waals surface area contributed by atoms with Gasteiger partial charge in [0.15, 0.2) is 5.65 Å². The molecule has 29 heavy (non-hydrogen) atoms. The fourth-order valence-corrected chi connectivity index (χ4v) is 3.44. The van der Waals surface area contributed by atoms with E-state index in [9.17, 15) is 9.18 Å². The first-order valence-corrected chi connectivity index (χ1v) is 8.99. The molecule has 0 spiro atoms. The summed E-state index contributed by atoms with van der Waals surface area (Å²) < 4.78 is 15.2. The lowest BCUT2D eigenvalue weighted by Crippen LogP contribution is -2.42. The number of aryl methyl sites for hydroxylation is 1. The van der Waals surface area contributed by atoms with Crippen molar-refractivity contribution < 1.29 is 9.18 Å². The van der Waals surface area contributed by atoms with Crippen molar-refractivity contribution >= 4 is 40.4 Å². The molecule has 4 N–H and O–H groups in total. The van der Waals surface area contributed by atoms with Crippen molar-refractivity contribution in [2.45, 2.75) is 18.4 Å². The van der Waals surface area contributed by atoms with Crippen LogP contribution in [-0.4, -0.2) is 42.7 Å². The molecule has 1 aromatic carbocycles. The summed E-state index contributed by atoms with van der Waals surface area (Å²) in [7, 11) is 1.74. The van der Waals surface area contributed by atoms with Gasteiger partial charge in [0.2, 0.25) is 0 Å². The molecule has 1 saturated carbocycles. The number of nitrogens with two attached hydrogens (primary N) is 1. The Morgan fingerprint density at radius 3 is 2.93 bits per heavy atom. The number of aromatic amines is 1. The predicted octanol–water partition coefficient (Wildman–Crippen LogP) is 2.29. The van der Waals surface area contributed by atoms with Crippen LogP contribution in [0.2, 0.25) is 0 Å². The number of nitrogens with zero attached hydrogens (tertiary/aromatic N) is 4. The lowest BCUT2D eigenvalue weighted by molar-refractivity contribution is 0.0934. The zero-order valence-corrected chi connectivity index (χ0v) is 16.4. The Balaban J connectivity index is 0.00000205. The van der Waals surface area contributed by atoms with Crippen molar-refractivity contribution in [2.24, 2.45) is 12.8 Å². The maximum absolute atomic E-state index is 13.6. The van der Waals surface area contributed by atoms with E-state index < -0.39 is 0 Å². The van der Waals surface area contributed by atoms with Crippen molar-refractivity contribution in [2.75, 3.05) is 6.54 Å². The number of hydrogen-bond donors (Lipinski definition) is 3. The summed E-state index contributed by atoms with van der Waals surface area (Å²) in [6.45, 7) is 0.411. The van der Waals surface area contributed by atoms with Crippen LogP contribution in [0.15, 0.2) is 30.6 Å². The first kappa shape index (κ1) is 19.3. The number of halogens is 2. The molecule has 1 aliphatic carbocycles. The lowest BCUT2D eigenvalue weighted by atomic mass is 10.1. The average Bonchev–Trinajstić information content (AvgIpc) is 3.21. The Hall–Kier alpha value is -3.04. The molecule has 1 aliphatic rings. The van der Waals surface area contributed by atoms with Gasteiger partial charge in [-0.1, -0.05) is 0 Å². The normalized spacial score (nSPS) is 14.7. The molecule has 0 radical (unpaired) electrons. The van der Waals surface area contributed by atoms with Gasteiger partial charge in [-0.05, 0) is 31.0 Å². The highest BCUT2D eigenvalue weighted by atomic mass is 35.5. The molecular weight excluding hydrogens is 397 g/mol. The summed E-state index contributed by atoms with van der Waals surface area (Å²) in [4.78, 5) is 24.7. The largest absolute Gasteiger partial charge is 0.345 e. The minimum atomic E-state index is -0.331. The van der Waals surface area contributed by atoms with E-state index in [1.165, 1.54) is 12.1 Å². The zero-order chi connectivity index (χ0) is 19.5. The van der Waals surface area contributed by atoms with Crippen LogP contribution in [0.3, 0.4) is 0 Å². The number of nitrogens with one attached hydrogen (secondary N) is 2. The second kappa shape index (κ2) is 6.78. The van der Waals surface area contributed by atoms with Crippen LogP contribution < -0.4 is 11.1 Å². The molecule has 1 fully saturated rings. The van der Waals surface area contributed by atoms with E-state index in [-0.39, 0.29) is 29.7 Å². The number of benzene rings is 1. The predicted molar refractivity (Wildman–Crippen MR) is 109 cm³/mol. The van der Waals surface area contributed by atoms with Gasteiger partial charge in [-0.25, -0.2) is 14.4 Å². The summed E-state index contributed by atoms with van der Waals surface area (Å²) in [6.07, 6.45) is 4.95. The van der Waals surface area contributed by atoms with Crippen LogP contribution in [0.1, 0.15) is 23.2 Å². The molecule has 0 unspecified atom stereocenters. The molecule has 0 aliphatic heterocycles. The van der Waals surface area contributed by atoms with Crippen molar-refractivity contribution in [1.29, 1.82) is 0 Å². The summed E-state index contributed by atoms with van der Waals surface area (Å²) in [5.41, 5.74) is 8.60. The van der Waals surface area contributed by atoms with Gasteiger partial charge >= 0.3 is 0 Å². The Bertz CT molecular complexity index is 1240. The lowest BCUT2D eigenvalue weighted by Gasteiger charge is -2.14. The number of amides is 1. The molecule has 1 amide bonds. The first-order valence-electron chi connectivity index (χ1n) is 8.99. The molecule has 5 rings (SSSR count). The van der Waals surface area contributed by atoms with Crippen LogP contribution in [0, 0.1) is 5.82 Å². The molecule has 3 aromatic heterocycles. The topological polar surface area (TPSA) is 115 Å². The van der Waals surface area contributed by atoms with E-state index in [1.807, 2.05) is 0 Å². The highest BCUT2D eigenvalue weighted by Gasteiger charge is 2.43. The molecule has 4 aromatic rings. The van der Waals surface area contributed by atoms with E-state index in [0.29, 0.717) is 40.2 Å². The van der Waals surface area contributed by atoms with E-state index >= 15 is 0 Å². The Labute approximate surface area is 171 Å². The molecule has 3 heterocycles. The van der Waals surface area contributed by atoms with Gasteiger partial charge in [0.1, 0.15) is 22.7 Å². The Morgan fingerprint density at radius 2 is 2.21 bits per heavy atom. The standard InChI is InChI=1S/C19H18FN7O.ClH/c1-27-14-6-10(20)2-3-11(14)15(26-27)13-8-23-17-16(24-13)12(7-22-17)18(28)25-19(9-21)4-5-19;/h2-3,6-8H,4-5,9,21H2,1H3,(H,22,23)(H,25,28);1H. The summed E-state index contributed by atoms with van der Waals surface area (Å²) in [6, 6.07) is 4.48. The van der Waals surface area contributed by atoms with Crippen LogP contribution >= 0.6 is 12.4 Å². The van der Waals surface area contributed by atoms with Gasteiger partial charge in [-0.3, -0.25) is 9.48 Å². The molecule has 10 heteroatoms. The van der Waals surface area contributed by atoms with Gasteiger partial charge in [0.05, 0.1) is 22.8 Å². The SMILES string of the molecule is Cl.Cn1nc(-c2cnc3[nH]cc(C(=O)NC4(CN)CC4)c3n2)c2ccc(F)cc21. The summed E-state index contributed by atoms with van der Waals surface area (Å²) in [5.74, 6) is -0.560. The molecular formula is C19H19ClFN7O. The van der Waals surface area contributed by atoms with Crippen LogP contribution in [0.5, 0.6) is 0 Å². The van der Waals surface area contributed by atoms with E-state index in [0.717, 1.165) is 18.2 Å². The first-order chi connectivity index (χ1) is 13.5. The minimum absolute atomic E-state index is 0. The Kier molecular flexibility index (Phi) is 4.51. The van der Waals surface area contributed by atoms with Crippen LogP contribution in [0.4, 0.5) is 4.39 Å². The zero-order valence-electron chi connectivity index (χ0n) is 15.6. The molecule has 150 valence electrons. The number of rotatable bonds is 4. The average molecular weight is 416 g/mol.